The Morgan fingerprint density at radius 3 is 2.68 bits per heavy atom. The molecule has 19 heavy (non-hydrogen) atoms. The highest BCUT2D eigenvalue weighted by Crippen LogP contribution is 2.43. The second-order valence-corrected chi connectivity index (χ2v) is 7.07. The number of halogens is 1. The molecule has 1 aliphatic rings. The van der Waals surface area contributed by atoms with Gasteiger partial charge in [0.25, 0.3) is 0 Å². The fraction of sp³-hybridized carbons (Fsp3) is 0.308. The average molecular weight is 339 g/mol. The number of rotatable bonds is 3. The van der Waals surface area contributed by atoms with E-state index in [4.69, 9.17) is 0 Å². The zero-order valence-electron chi connectivity index (χ0n) is 9.97. The second kappa shape index (κ2) is 4.68. The largest absolute Gasteiger partial charge is 0.480 e. The molecule has 0 aliphatic heterocycles. The molecule has 0 unspecified atom stereocenters. The van der Waals surface area contributed by atoms with Crippen molar-refractivity contribution in [3.8, 4) is 10.6 Å². The van der Waals surface area contributed by atoms with Gasteiger partial charge in [0.15, 0.2) is 0 Å². The lowest BCUT2D eigenvalue weighted by molar-refractivity contribution is -0.147. The van der Waals surface area contributed by atoms with Crippen molar-refractivity contribution in [3.63, 3.8) is 0 Å². The lowest BCUT2D eigenvalue weighted by Crippen LogP contribution is -2.43. The van der Waals surface area contributed by atoms with Crippen LogP contribution in [0.25, 0.3) is 10.6 Å². The Labute approximate surface area is 122 Å². The van der Waals surface area contributed by atoms with Gasteiger partial charge < -0.3 is 5.11 Å². The molecule has 0 aromatic carbocycles. The summed E-state index contributed by atoms with van der Waals surface area (Å²) in [6, 6.07) is 5.74. The van der Waals surface area contributed by atoms with Gasteiger partial charge in [-0.2, -0.15) is 0 Å². The van der Waals surface area contributed by atoms with Gasteiger partial charge in [-0.3, -0.25) is 4.79 Å². The second-order valence-electron chi connectivity index (χ2n) is 4.61. The van der Waals surface area contributed by atoms with Gasteiger partial charge in [0.05, 0.1) is 14.4 Å². The van der Waals surface area contributed by atoms with E-state index in [9.17, 15) is 9.90 Å². The summed E-state index contributed by atoms with van der Waals surface area (Å²) in [5.41, 5.74) is -0.0851. The zero-order chi connectivity index (χ0) is 13.5. The Balaban J connectivity index is 2.03. The van der Waals surface area contributed by atoms with Gasteiger partial charge in [0.1, 0.15) is 11.2 Å². The highest BCUT2D eigenvalue weighted by molar-refractivity contribution is 9.11. The van der Waals surface area contributed by atoms with Crippen LogP contribution in [-0.4, -0.2) is 21.0 Å². The van der Waals surface area contributed by atoms with E-state index in [0.29, 0.717) is 18.7 Å². The number of aliphatic carboxylic acids is 1. The molecule has 1 aliphatic carbocycles. The van der Waals surface area contributed by atoms with Crippen LogP contribution in [0.2, 0.25) is 0 Å². The van der Waals surface area contributed by atoms with Crippen LogP contribution in [0.3, 0.4) is 0 Å². The van der Waals surface area contributed by atoms with Crippen LogP contribution in [-0.2, 0) is 10.2 Å². The molecule has 1 fully saturated rings. The number of carboxylic acids is 1. The standard InChI is InChI=1S/C13H11BrN2O2S/c14-10-3-2-9(19-10)8-4-7-15-11(16-8)13(12(17)18)5-1-6-13/h2-4,7H,1,5-6H2,(H,17,18). The first kappa shape index (κ1) is 12.7. The summed E-state index contributed by atoms with van der Waals surface area (Å²) >= 11 is 4.99. The van der Waals surface area contributed by atoms with E-state index >= 15 is 0 Å². The van der Waals surface area contributed by atoms with Crippen molar-refractivity contribution in [2.45, 2.75) is 24.7 Å². The minimum Gasteiger partial charge on any atom is -0.480 e. The first-order chi connectivity index (χ1) is 9.12. The fourth-order valence-corrected chi connectivity index (χ4v) is 3.60. The lowest BCUT2D eigenvalue weighted by Gasteiger charge is -2.35. The number of carbonyl (C=O) groups is 1. The van der Waals surface area contributed by atoms with E-state index in [1.54, 1.807) is 17.5 Å². The third-order valence-electron chi connectivity index (χ3n) is 3.53. The van der Waals surface area contributed by atoms with E-state index in [0.717, 1.165) is 20.8 Å². The Hall–Kier alpha value is -1.27. The Morgan fingerprint density at radius 1 is 1.37 bits per heavy atom. The van der Waals surface area contributed by atoms with Crippen LogP contribution in [0.5, 0.6) is 0 Å². The predicted octanol–water partition coefficient (Wildman–Crippen LogP) is 3.47. The van der Waals surface area contributed by atoms with Crippen LogP contribution in [0.1, 0.15) is 25.1 Å². The summed E-state index contributed by atoms with van der Waals surface area (Å²) in [6.45, 7) is 0. The van der Waals surface area contributed by atoms with E-state index in [-0.39, 0.29) is 0 Å². The monoisotopic (exact) mass is 338 g/mol. The van der Waals surface area contributed by atoms with Gasteiger partial charge in [-0.15, -0.1) is 11.3 Å². The topological polar surface area (TPSA) is 63.1 Å². The zero-order valence-corrected chi connectivity index (χ0v) is 12.4. The number of nitrogens with zero attached hydrogens (tertiary/aromatic N) is 2. The summed E-state index contributed by atoms with van der Waals surface area (Å²) in [4.78, 5) is 21.1. The summed E-state index contributed by atoms with van der Waals surface area (Å²) in [5, 5.41) is 9.42. The first-order valence-corrected chi connectivity index (χ1v) is 7.55. The fourth-order valence-electron chi connectivity index (χ4n) is 2.24. The normalized spacial score (nSPS) is 16.9. The van der Waals surface area contributed by atoms with Crippen LogP contribution < -0.4 is 0 Å². The number of aromatic nitrogens is 2. The maximum Gasteiger partial charge on any atom is 0.317 e. The average Bonchev–Trinajstić information content (AvgIpc) is 2.74. The van der Waals surface area contributed by atoms with Crippen LogP contribution >= 0.6 is 27.3 Å². The molecule has 0 amide bonds. The first-order valence-electron chi connectivity index (χ1n) is 5.94. The van der Waals surface area contributed by atoms with Gasteiger partial charge in [-0.1, -0.05) is 6.42 Å². The van der Waals surface area contributed by atoms with Gasteiger partial charge in [0.2, 0.25) is 0 Å². The van der Waals surface area contributed by atoms with Crippen LogP contribution in [0, 0.1) is 0 Å². The van der Waals surface area contributed by atoms with Crippen molar-refractivity contribution in [1.29, 1.82) is 0 Å². The van der Waals surface area contributed by atoms with Gasteiger partial charge in [0, 0.05) is 6.20 Å². The third-order valence-corrected chi connectivity index (χ3v) is 5.17. The van der Waals surface area contributed by atoms with Crippen molar-refractivity contribution >= 4 is 33.2 Å². The number of hydrogen-bond donors (Lipinski definition) is 1. The molecular formula is C13H11BrN2O2S. The minimum absolute atomic E-state index is 0.438. The SMILES string of the molecule is O=C(O)C1(c2nccc(-c3ccc(Br)s3)n2)CCC1. The molecule has 3 rings (SSSR count). The molecule has 1 saturated carbocycles. The predicted molar refractivity (Wildman–Crippen MR) is 76.2 cm³/mol. The van der Waals surface area contributed by atoms with Crippen molar-refractivity contribution < 1.29 is 9.90 Å². The van der Waals surface area contributed by atoms with Gasteiger partial charge >= 0.3 is 5.97 Å². The molecule has 0 atom stereocenters. The highest BCUT2D eigenvalue weighted by Gasteiger charge is 2.48. The van der Waals surface area contributed by atoms with E-state index in [1.807, 2.05) is 18.2 Å². The van der Waals surface area contributed by atoms with Crippen LogP contribution in [0.15, 0.2) is 28.2 Å². The maximum absolute atomic E-state index is 11.5. The van der Waals surface area contributed by atoms with Crippen LogP contribution in [0.4, 0.5) is 0 Å². The number of thiophene rings is 1. The van der Waals surface area contributed by atoms with E-state index < -0.39 is 11.4 Å². The molecular weight excluding hydrogens is 328 g/mol. The Kier molecular flexibility index (Phi) is 3.14. The molecule has 6 heteroatoms. The molecule has 0 bridgehead atoms. The molecule has 2 aromatic rings. The number of hydrogen-bond acceptors (Lipinski definition) is 4. The minimum atomic E-state index is -0.871. The molecule has 0 radical (unpaired) electrons. The molecule has 2 aromatic heterocycles. The lowest BCUT2D eigenvalue weighted by atomic mass is 9.68. The van der Waals surface area contributed by atoms with Crippen molar-refractivity contribution in [2.75, 3.05) is 0 Å². The van der Waals surface area contributed by atoms with Crippen molar-refractivity contribution in [3.05, 3.63) is 34.0 Å². The van der Waals surface area contributed by atoms with Gasteiger partial charge in [-0.05, 0) is 47.0 Å². The Morgan fingerprint density at radius 2 is 2.16 bits per heavy atom. The van der Waals surface area contributed by atoms with Gasteiger partial charge in [-0.25, -0.2) is 9.97 Å². The van der Waals surface area contributed by atoms with E-state index in [2.05, 4.69) is 25.9 Å². The third kappa shape index (κ3) is 2.08. The quantitative estimate of drug-likeness (QED) is 0.930. The molecule has 98 valence electrons. The number of carboxylic acid groups (broad SMARTS) is 1. The molecule has 0 spiro atoms. The summed E-state index contributed by atoms with van der Waals surface area (Å²) in [6.07, 6.45) is 3.82. The van der Waals surface area contributed by atoms with E-state index in [1.165, 1.54) is 0 Å². The molecule has 4 nitrogen and oxygen atoms in total. The molecule has 1 N–H and O–H groups in total. The maximum atomic E-state index is 11.5. The summed E-state index contributed by atoms with van der Waals surface area (Å²) in [7, 11) is 0. The van der Waals surface area contributed by atoms with Crippen molar-refractivity contribution in [1.82, 2.24) is 9.97 Å². The Bertz CT molecular complexity index is 637. The molecule has 0 saturated heterocycles. The smallest absolute Gasteiger partial charge is 0.317 e. The van der Waals surface area contributed by atoms with Crippen molar-refractivity contribution in [2.24, 2.45) is 0 Å². The summed E-state index contributed by atoms with van der Waals surface area (Å²) < 4.78 is 1.03. The highest BCUT2D eigenvalue weighted by atomic mass is 79.9. The summed E-state index contributed by atoms with van der Waals surface area (Å²) in [5.74, 6) is -0.378. The molecule has 2 heterocycles.